The molecular formula is C13H28N2O. The first-order valence-electron chi connectivity index (χ1n) is 6.45. The molecule has 1 aliphatic rings. The summed E-state index contributed by atoms with van der Waals surface area (Å²) in [6.07, 6.45) is 0. The molecule has 1 saturated heterocycles. The zero-order valence-electron chi connectivity index (χ0n) is 11.7. The molecule has 1 rings (SSSR count). The van der Waals surface area contributed by atoms with Crippen LogP contribution in [-0.2, 0) is 0 Å². The van der Waals surface area contributed by atoms with E-state index in [9.17, 15) is 5.11 Å². The third-order valence-corrected chi connectivity index (χ3v) is 3.66. The van der Waals surface area contributed by atoms with Crippen molar-refractivity contribution < 1.29 is 5.11 Å². The van der Waals surface area contributed by atoms with Gasteiger partial charge < -0.3 is 5.11 Å². The van der Waals surface area contributed by atoms with Crippen LogP contribution in [0.4, 0.5) is 0 Å². The fourth-order valence-corrected chi connectivity index (χ4v) is 2.53. The van der Waals surface area contributed by atoms with Crippen LogP contribution in [0, 0.1) is 0 Å². The molecule has 0 aromatic rings. The average molecular weight is 228 g/mol. The van der Waals surface area contributed by atoms with E-state index < -0.39 is 5.60 Å². The molecule has 96 valence electrons. The highest BCUT2D eigenvalue weighted by molar-refractivity contribution is 4.94. The molecule has 1 aliphatic heterocycles. The predicted octanol–water partition coefficient (Wildman–Crippen LogP) is 1.56. The quantitative estimate of drug-likeness (QED) is 0.794. The molecule has 0 radical (unpaired) electrons. The smallest absolute Gasteiger partial charge is 0.0758 e. The normalized spacial score (nSPS) is 25.7. The number of hydrogen-bond donors (Lipinski definition) is 1. The topological polar surface area (TPSA) is 26.7 Å². The van der Waals surface area contributed by atoms with Crippen molar-refractivity contribution in [1.82, 2.24) is 9.80 Å². The van der Waals surface area contributed by atoms with Crippen molar-refractivity contribution in [2.75, 3.05) is 19.6 Å². The highest BCUT2D eigenvalue weighted by Gasteiger charge is 2.38. The van der Waals surface area contributed by atoms with Gasteiger partial charge in [0.1, 0.15) is 0 Å². The van der Waals surface area contributed by atoms with E-state index in [0.717, 1.165) is 19.6 Å². The van der Waals surface area contributed by atoms with Gasteiger partial charge in [0.05, 0.1) is 11.6 Å². The van der Waals surface area contributed by atoms with Crippen molar-refractivity contribution in [3.63, 3.8) is 0 Å². The van der Waals surface area contributed by atoms with Crippen LogP contribution in [0.2, 0.25) is 0 Å². The fourth-order valence-electron chi connectivity index (χ4n) is 2.53. The van der Waals surface area contributed by atoms with Gasteiger partial charge in [-0.15, -0.1) is 0 Å². The predicted molar refractivity (Wildman–Crippen MR) is 68.6 cm³/mol. The van der Waals surface area contributed by atoms with Gasteiger partial charge in [0, 0.05) is 31.7 Å². The first-order chi connectivity index (χ1) is 7.23. The highest BCUT2D eigenvalue weighted by Crippen LogP contribution is 2.23. The molecule has 0 spiro atoms. The van der Waals surface area contributed by atoms with Crippen LogP contribution < -0.4 is 0 Å². The van der Waals surface area contributed by atoms with Crippen molar-refractivity contribution in [2.45, 2.75) is 65.3 Å². The average Bonchev–Trinajstić information content (AvgIpc) is 2.15. The van der Waals surface area contributed by atoms with Gasteiger partial charge in [-0.2, -0.15) is 0 Å². The number of hydrogen-bond acceptors (Lipinski definition) is 3. The second-order valence-electron chi connectivity index (χ2n) is 6.09. The first-order valence-corrected chi connectivity index (χ1v) is 6.45. The van der Waals surface area contributed by atoms with E-state index in [0.29, 0.717) is 12.1 Å². The second-order valence-corrected chi connectivity index (χ2v) is 6.09. The molecule has 1 heterocycles. The van der Waals surface area contributed by atoms with Gasteiger partial charge in [0.2, 0.25) is 0 Å². The Morgan fingerprint density at radius 3 is 2.00 bits per heavy atom. The summed E-state index contributed by atoms with van der Waals surface area (Å²) in [5.74, 6) is 0. The third-order valence-electron chi connectivity index (χ3n) is 3.66. The lowest BCUT2D eigenvalue weighted by molar-refractivity contribution is -0.0736. The lowest BCUT2D eigenvalue weighted by Gasteiger charge is -2.49. The van der Waals surface area contributed by atoms with Crippen LogP contribution in [0.25, 0.3) is 0 Å². The largest absolute Gasteiger partial charge is 0.389 e. The van der Waals surface area contributed by atoms with Crippen LogP contribution in [0.1, 0.15) is 41.5 Å². The summed E-state index contributed by atoms with van der Waals surface area (Å²) in [4.78, 5) is 4.89. The van der Waals surface area contributed by atoms with Crippen molar-refractivity contribution in [2.24, 2.45) is 0 Å². The minimum atomic E-state index is -0.627. The zero-order valence-corrected chi connectivity index (χ0v) is 11.7. The van der Waals surface area contributed by atoms with Crippen molar-refractivity contribution in [3.8, 4) is 0 Å². The lowest BCUT2D eigenvalue weighted by Crippen LogP contribution is -2.63. The molecular weight excluding hydrogens is 200 g/mol. The molecule has 0 aliphatic carbocycles. The Kier molecular flexibility index (Phi) is 4.38. The third kappa shape index (κ3) is 3.19. The zero-order chi connectivity index (χ0) is 12.5. The molecule has 16 heavy (non-hydrogen) atoms. The molecule has 3 nitrogen and oxygen atoms in total. The summed E-state index contributed by atoms with van der Waals surface area (Å²) in [7, 11) is 0. The summed E-state index contributed by atoms with van der Waals surface area (Å²) in [5, 5.41) is 10.3. The Morgan fingerprint density at radius 1 is 1.06 bits per heavy atom. The molecule has 1 N–H and O–H groups in total. The second kappa shape index (κ2) is 5.03. The van der Waals surface area contributed by atoms with Gasteiger partial charge in [-0.3, -0.25) is 9.80 Å². The summed E-state index contributed by atoms with van der Waals surface area (Å²) < 4.78 is 0. The minimum absolute atomic E-state index is 0.239. The number of nitrogens with zero attached hydrogens (tertiary/aromatic N) is 2. The maximum Gasteiger partial charge on any atom is 0.0758 e. The monoisotopic (exact) mass is 228 g/mol. The molecule has 0 aromatic carbocycles. The van der Waals surface area contributed by atoms with Crippen molar-refractivity contribution in [1.29, 1.82) is 0 Å². The van der Waals surface area contributed by atoms with E-state index >= 15 is 0 Å². The Balaban J connectivity index is 2.78. The first kappa shape index (κ1) is 13.9. The fraction of sp³-hybridized carbons (Fsp3) is 1.00. The standard InChI is InChI=1S/C13H28N2O/c1-10(2)14-7-8-15(11(3)4)12(9-14)13(5,6)16/h10-12,16H,7-9H2,1-6H3/t12-/m0/s1. The van der Waals surface area contributed by atoms with Gasteiger partial charge in [0.25, 0.3) is 0 Å². The van der Waals surface area contributed by atoms with Gasteiger partial charge in [-0.25, -0.2) is 0 Å². The number of aliphatic hydroxyl groups is 1. The highest BCUT2D eigenvalue weighted by atomic mass is 16.3. The van der Waals surface area contributed by atoms with Crippen LogP contribution in [0.3, 0.4) is 0 Å². The maximum atomic E-state index is 10.3. The number of piperazine rings is 1. The van der Waals surface area contributed by atoms with Gasteiger partial charge in [-0.1, -0.05) is 0 Å². The summed E-state index contributed by atoms with van der Waals surface area (Å²) in [6, 6.07) is 1.31. The van der Waals surface area contributed by atoms with Gasteiger partial charge in [0.15, 0.2) is 0 Å². The Bertz CT molecular complexity index is 220. The molecule has 0 unspecified atom stereocenters. The maximum absolute atomic E-state index is 10.3. The molecule has 1 fully saturated rings. The van der Waals surface area contributed by atoms with E-state index in [2.05, 4.69) is 37.5 Å². The summed E-state index contributed by atoms with van der Waals surface area (Å²) >= 11 is 0. The number of rotatable bonds is 3. The molecule has 0 amide bonds. The van der Waals surface area contributed by atoms with Crippen molar-refractivity contribution in [3.05, 3.63) is 0 Å². The SMILES string of the molecule is CC(C)N1CCN(C(C)C)[C@H](C(C)(C)O)C1. The Morgan fingerprint density at radius 2 is 1.62 bits per heavy atom. The molecule has 3 heteroatoms. The van der Waals surface area contributed by atoms with E-state index in [1.807, 2.05) is 13.8 Å². The van der Waals surface area contributed by atoms with Crippen LogP contribution in [0.15, 0.2) is 0 Å². The molecule has 0 saturated carbocycles. The van der Waals surface area contributed by atoms with E-state index in [1.54, 1.807) is 0 Å². The molecule has 0 bridgehead atoms. The van der Waals surface area contributed by atoms with Gasteiger partial charge in [-0.05, 0) is 41.5 Å². The van der Waals surface area contributed by atoms with Crippen LogP contribution >= 0.6 is 0 Å². The minimum Gasteiger partial charge on any atom is -0.389 e. The van der Waals surface area contributed by atoms with E-state index in [1.165, 1.54) is 0 Å². The van der Waals surface area contributed by atoms with Crippen LogP contribution in [-0.4, -0.2) is 58.3 Å². The Hall–Kier alpha value is -0.120. The Labute approximate surface area is 100 Å². The van der Waals surface area contributed by atoms with E-state index in [4.69, 9.17) is 0 Å². The van der Waals surface area contributed by atoms with E-state index in [-0.39, 0.29) is 6.04 Å². The molecule has 1 atom stereocenters. The lowest BCUT2D eigenvalue weighted by atomic mass is 9.93. The van der Waals surface area contributed by atoms with Gasteiger partial charge >= 0.3 is 0 Å². The summed E-state index contributed by atoms with van der Waals surface area (Å²) in [5.41, 5.74) is -0.627. The molecule has 0 aromatic heterocycles. The summed E-state index contributed by atoms with van der Waals surface area (Å²) in [6.45, 7) is 15.9. The van der Waals surface area contributed by atoms with Crippen molar-refractivity contribution >= 4 is 0 Å². The van der Waals surface area contributed by atoms with Crippen LogP contribution in [0.5, 0.6) is 0 Å².